The molecule has 0 radical (unpaired) electrons. The molecule has 4 unspecified atom stereocenters. The standard InChI is InChI=1S/C15H25N4O5P/c1-11-12(24-25(21)22)10-14(23-11)19-9-6-13(18-15(19)20)17-8-5-3-4-7-16-2/h6,9,11-12,14,16H,3-5,7-8,10H2,1-2H3,(H,17,18,20). The Hall–Kier alpha value is -1.38. The van der Waals surface area contributed by atoms with Crippen molar-refractivity contribution in [3.8, 4) is 0 Å². The first-order valence-corrected chi connectivity index (χ1v) is 9.55. The zero-order chi connectivity index (χ0) is 18.2. The number of nitrogens with zero attached hydrogens (tertiary/aromatic N) is 2. The molecule has 2 rings (SSSR count). The second-order valence-electron chi connectivity index (χ2n) is 5.99. The topological polar surface area (TPSA) is 118 Å². The van der Waals surface area contributed by atoms with E-state index in [-0.39, 0.29) is 6.42 Å². The highest BCUT2D eigenvalue weighted by Gasteiger charge is 2.38. The van der Waals surface area contributed by atoms with Gasteiger partial charge in [0.2, 0.25) is 0 Å². The van der Waals surface area contributed by atoms with Crippen LogP contribution < -0.4 is 21.2 Å². The van der Waals surface area contributed by atoms with Crippen LogP contribution in [0.15, 0.2) is 17.1 Å². The Labute approximate surface area is 147 Å². The lowest BCUT2D eigenvalue weighted by molar-refractivity contribution is -0.190. The number of unbranched alkanes of at least 4 members (excludes halogenated alkanes) is 2. The molecule has 1 aliphatic heterocycles. The number of ether oxygens (including phenoxy) is 1. The Morgan fingerprint density at radius 1 is 1.44 bits per heavy atom. The molecule has 1 aliphatic rings. The van der Waals surface area contributed by atoms with Gasteiger partial charge in [0.05, 0.1) is 6.10 Å². The Morgan fingerprint density at radius 2 is 2.20 bits per heavy atom. The molecule has 0 spiro atoms. The molecule has 0 aliphatic carbocycles. The molecular weight excluding hydrogens is 347 g/mol. The summed E-state index contributed by atoms with van der Waals surface area (Å²) >= 11 is 0. The third-order valence-corrected chi connectivity index (χ3v) is 4.54. The minimum Gasteiger partial charge on any atom is -0.566 e. The molecule has 0 amide bonds. The van der Waals surface area contributed by atoms with Crippen LogP contribution in [-0.2, 0) is 13.8 Å². The van der Waals surface area contributed by atoms with Crippen LogP contribution >= 0.6 is 8.25 Å². The van der Waals surface area contributed by atoms with Gasteiger partial charge in [-0.25, -0.2) is 4.79 Å². The van der Waals surface area contributed by atoms with Gasteiger partial charge in [-0.15, -0.1) is 4.52 Å². The molecule has 1 saturated heterocycles. The van der Waals surface area contributed by atoms with Crippen LogP contribution in [-0.4, -0.2) is 41.9 Å². The van der Waals surface area contributed by atoms with Crippen LogP contribution in [0.25, 0.3) is 0 Å². The zero-order valence-electron chi connectivity index (χ0n) is 14.5. The van der Waals surface area contributed by atoms with Gasteiger partial charge in [-0.05, 0) is 44.0 Å². The zero-order valence-corrected chi connectivity index (χ0v) is 15.4. The predicted molar refractivity (Wildman–Crippen MR) is 91.4 cm³/mol. The SMILES string of the molecule is CNCCCCCNc1ccn(C2CC(O[P+](=O)[O-])C(C)O2)c(=O)n1. The minimum atomic E-state index is -2.95. The van der Waals surface area contributed by atoms with E-state index in [9.17, 15) is 14.3 Å². The highest BCUT2D eigenvalue weighted by atomic mass is 31.1. The van der Waals surface area contributed by atoms with E-state index in [0.717, 1.165) is 32.4 Å². The van der Waals surface area contributed by atoms with Gasteiger partial charge < -0.3 is 20.3 Å². The van der Waals surface area contributed by atoms with Crippen molar-refractivity contribution in [2.45, 2.75) is 51.0 Å². The first-order chi connectivity index (χ1) is 12.0. The van der Waals surface area contributed by atoms with Crippen molar-refractivity contribution in [3.05, 3.63) is 22.7 Å². The Bertz CT molecular complexity index is 626. The lowest BCUT2D eigenvalue weighted by Crippen LogP contribution is -2.27. The summed E-state index contributed by atoms with van der Waals surface area (Å²) in [4.78, 5) is 26.9. The number of hydrogen-bond acceptors (Lipinski definition) is 8. The molecule has 4 atom stereocenters. The molecule has 9 nitrogen and oxygen atoms in total. The minimum absolute atomic E-state index is 0.282. The lowest BCUT2D eigenvalue weighted by atomic mass is 10.2. The fourth-order valence-corrected chi connectivity index (χ4v) is 3.23. The highest BCUT2D eigenvalue weighted by molar-refractivity contribution is 7.30. The first-order valence-electron chi connectivity index (χ1n) is 8.45. The van der Waals surface area contributed by atoms with E-state index in [1.54, 1.807) is 19.2 Å². The maximum absolute atomic E-state index is 12.2. The summed E-state index contributed by atoms with van der Waals surface area (Å²) in [5.74, 6) is 0.524. The van der Waals surface area contributed by atoms with Gasteiger partial charge in [0, 0.05) is 19.2 Å². The third-order valence-electron chi connectivity index (χ3n) is 4.10. The monoisotopic (exact) mass is 372 g/mol. The third kappa shape index (κ3) is 6.13. The Kier molecular flexibility index (Phi) is 7.92. The summed E-state index contributed by atoms with van der Waals surface area (Å²) in [5.41, 5.74) is -0.440. The number of hydrogen-bond donors (Lipinski definition) is 2. The average molecular weight is 372 g/mol. The first kappa shape index (κ1) is 19.9. The Balaban J connectivity index is 1.87. The van der Waals surface area contributed by atoms with Gasteiger partial charge in [-0.3, -0.25) is 4.57 Å². The van der Waals surface area contributed by atoms with Gasteiger partial charge in [-0.2, -0.15) is 4.98 Å². The fourth-order valence-electron chi connectivity index (χ4n) is 2.75. The van der Waals surface area contributed by atoms with Gasteiger partial charge >= 0.3 is 13.9 Å². The summed E-state index contributed by atoms with van der Waals surface area (Å²) in [5, 5.41) is 6.24. The van der Waals surface area contributed by atoms with E-state index >= 15 is 0 Å². The maximum Gasteiger partial charge on any atom is 0.488 e. The van der Waals surface area contributed by atoms with Crippen LogP contribution in [0.1, 0.15) is 38.8 Å². The van der Waals surface area contributed by atoms with Gasteiger partial charge in [0.25, 0.3) is 0 Å². The van der Waals surface area contributed by atoms with Crippen molar-refractivity contribution >= 4 is 14.1 Å². The smallest absolute Gasteiger partial charge is 0.488 e. The van der Waals surface area contributed by atoms with Crippen molar-refractivity contribution in [2.75, 3.05) is 25.5 Å². The van der Waals surface area contributed by atoms with E-state index < -0.39 is 32.4 Å². The molecule has 0 aromatic carbocycles. The van der Waals surface area contributed by atoms with Gasteiger partial charge in [0.15, 0.2) is 0 Å². The van der Waals surface area contributed by atoms with Gasteiger partial charge in [0.1, 0.15) is 18.1 Å². The molecule has 1 aromatic rings. The van der Waals surface area contributed by atoms with Crippen molar-refractivity contribution in [3.63, 3.8) is 0 Å². The van der Waals surface area contributed by atoms with Crippen LogP contribution in [0, 0.1) is 0 Å². The fraction of sp³-hybridized carbons (Fsp3) is 0.733. The summed E-state index contributed by atoms with van der Waals surface area (Å²) in [6.07, 6.45) is 3.52. The van der Waals surface area contributed by atoms with Crippen molar-refractivity contribution in [2.24, 2.45) is 0 Å². The van der Waals surface area contributed by atoms with Crippen LogP contribution in [0.2, 0.25) is 0 Å². The van der Waals surface area contributed by atoms with Crippen LogP contribution in [0.5, 0.6) is 0 Å². The predicted octanol–water partition coefficient (Wildman–Crippen LogP) is 0.755. The molecule has 2 heterocycles. The summed E-state index contributed by atoms with van der Waals surface area (Å²) in [6, 6.07) is 1.71. The molecule has 140 valence electrons. The number of anilines is 1. The second-order valence-corrected chi connectivity index (χ2v) is 6.65. The van der Waals surface area contributed by atoms with E-state index in [1.165, 1.54) is 4.57 Å². The van der Waals surface area contributed by atoms with E-state index in [2.05, 4.69) is 15.6 Å². The molecule has 10 heteroatoms. The maximum atomic E-state index is 12.2. The molecular formula is C15H25N4O5P. The van der Waals surface area contributed by atoms with Crippen LogP contribution in [0.4, 0.5) is 5.82 Å². The summed E-state index contributed by atoms with van der Waals surface area (Å²) < 4.78 is 22.5. The molecule has 1 aromatic heterocycles. The van der Waals surface area contributed by atoms with Crippen molar-refractivity contribution < 1.29 is 18.7 Å². The summed E-state index contributed by atoms with van der Waals surface area (Å²) in [7, 11) is -1.02. The molecule has 0 saturated carbocycles. The Morgan fingerprint density at radius 3 is 2.88 bits per heavy atom. The summed E-state index contributed by atoms with van der Waals surface area (Å²) in [6.45, 7) is 3.47. The molecule has 1 fully saturated rings. The number of rotatable bonds is 10. The van der Waals surface area contributed by atoms with Gasteiger partial charge in [-0.1, -0.05) is 6.42 Å². The molecule has 25 heavy (non-hydrogen) atoms. The average Bonchev–Trinajstić information content (AvgIpc) is 2.90. The van der Waals surface area contributed by atoms with Crippen molar-refractivity contribution in [1.82, 2.24) is 14.9 Å². The quantitative estimate of drug-likeness (QED) is 0.456. The number of nitrogens with one attached hydrogen (secondary N) is 2. The molecule has 0 bridgehead atoms. The molecule has 2 N–H and O–H groups in total. The van der Waals surface area contributed by atoms with Crippen molar-refractivity contribution in [1.29, 1.82) is 0 Å². The second kappa shape index (κ2) is 9.94. The van der Waals surface area contributed by atoms with E-state index in [1.807, 2.05) is 7.05 Å². The lowest BCUT2D eigenvalue weighted by Gasteiger charge is -2.14. The van der Waals surface area contributed by atoms with E-state index in [0.29, 0.717) is 5.82 Å². The van der Waals surface area contributed by atoms with E-state index in [4.69, 9.17) is 9.26 Å². The normalized spacial score (nSPS) is 23.6. The van der Waals surface area contributed by atoms with Crippen LogP contribution in [0.3, 0.4) is 0 Å². The number of aromatic nitrogens is 2. The highest BCUT2D eigenvalue weighted by Crippen LogP contribution is 2.33. The largest absolute Gasteiger partial charge is 0.566 e.